The molecular formula is C22H26N4O2S. The maximum Gasteiger partial charge on any atom is 0.261 e. The van der Waals surface area contributed by atoms with Crippen molar-refractivity contribution < 1.29 is 4.79 Å². The lowest BCUT2D eigenvalue weighted by Crippen LogP contribution is -2.35. The van der Waals surface area contributed by atoms with E-state index < -0.39 is 6.04 Å². The zero-order valence-corrected chi connectivity index (χ0v) is 17.7. The van der Waals surface area contributed by atoms with E-state index in [1.165, 1.54) is 35.2 Å². The van der Waals surface area contributed by atoms with Crippen LogP contribution in [0.15, 0.2) is 34.8 Å². The molecule has 1 atom stereocenters. The van der Waals surface area contributed by atoms with Crippen molar-refractivity contribution in [2.24, 2.45) is 5.92 Å². The van der Waals surface area contributed by atoms with Gasteiger partial charge >= 0.3 is 0 Å². The Bertz CT molecular complexity index is 1070. The third-order valence-corrected chi connectivity index (χ3v) is 6.49. The number of thiazole rings is 1. The Morgan fingerprint density at radius 3 is 2.76 bits per heavy atom. The standard InChI is InChI=1S/C22H26N4O2S/c1-14-10-15(2)19-17(11-14)21(28)26(13-24-19)18(12-16-6-4-3-5-7-16)20(27)25-22-23-8-9-29-22/h8-11,13,16,18H,3-7,12H2,1-2H3,(H,23,25,27). The molecule has 0 radical (unpaired) electrons. The summed E-state index contributed by atoms with van der Waals surface area (Å²) in [6.45, 7) is 3.93. The van der Waals surface area contributed by atoms with Crippen LogP contribution in [-0.2, 0) is 4.79 Å². The van der Waals surface area contributed by atoms with Crippen LogP contribution in [0, 0.1) is 19.8 Å². The van der Waals surface area contributed by atoms with E-state index in [9.17, 15) is 9.59 Å². The van der Waals surface area contributed by atoms with E-state index in [0.717, 1.165) is 24.0 Å². The summed E-state index contributed by atoms with van der Waals surface area (Å²) in [4.78, 5) is 35.2. The number of rotatable bonds is 5. The van der Waals surface area contributed by atoms with Gasteiger partial charge in [0.05, 0.1) is 17.2 Å². The highest BCUT2D eigenvalue weighted by atomic mass is 32.1. The molecule has 6 nitrogen and oxygen atoms in total. The topological polar surface area (TPSA) is 76.9 Å². The molecule has 2 heterocycles. The van der Waals surface area contributed by atoms with Crippen LogP contribution in [-0.4, -0.2) is 20.4 Å². The van der Waals surface area contributed by atoms with Crippen LogP contribution < -0.4 is 10.9 Å². The number of fused-ring (bicyclic) bond motifs is 1. The number of hydrogen-bond acceptors (Lipinski definition) is 5. The molecule has 0 spiro atoms. The molecule has 1 fully saturated rings. The van der Waals surface area contributed by atoms with Gasteiger partial charge in [0.15, 0.2) is 5.13 Å². The number of aryl methyl sites for hydroxylation is 2. The average molecular weight is 411 g/mol. The van der Waals surface area contributed by atoms with Crippen LogP contribution in [0.5, 0.6) is 0 Å². The fraction of sp³-hybridized carbons (Fsp3) is 0.455. The molecule has 1 aliphatic carbocycles. The third-order valence-electron chi connectivity index (χ3n) is 5.80. The van der Waals surface area contributed by atoms with E-state index in [1.54, 1.807) is 12.5 Å². The molecular weight excluding hydrogens is 384 g/mol. The van der Waals surface area contributed by atoms with E-state index in [4.69, 9.17) is 0 Å². The van der Waals surface area contributed by atoms with Crippen LogP contribution in [0.2, 0.25) is 0 Å². The minimum absolute atomic E-state index is 0.156. The lowest BCUT2D eigenvalue weighted by molar-refractivity contribution is -0.120. The quantitative estimate of drug-likeness (QED) is 0.666. The number of anilines is 1. The summed E-state index contributed by atoms with van der Waals surface area (Å²) in [5.74, 6) is 0.246. The predicted octanol–water partition coefficient (Wildman–Crippen LogP) is 4.62. The number of nitrogens with zero attached hydrogens (tertiary/aromatic N) is 3. The predicted molar refractivity (Wildman–Crippen MR) is 116 cm³/mol. The summed E-state index contributed by atoms with van der Waals surface area (Å²) >= 11 is 1.37. The summed E-state index contributed by atoms with van der Waals surface area (Å²) in [7, 11) is 0. The van der Waals surface area contributed by atoms with Crippen LogP contribution in [0.25, 0.3) is 10.9 Å². The number of amides is 1. The van der Waals surface area contributed by atoms with Gasteiger partial charge in [0.1, 0.15) is 6.04 Å². The number of benzene rings is 1. The van der Waals surface area contributed by atoms with Gasteiger partial charge in [0.2, 0.25) is 5.91 Å². The fourth-order valence-electron chi connectivity index (χ4n) is 4.39. The van der Waals surface area contributed by atoms with Crippen molar-refractivity contribution in [3.8, 4) is 0 Å². The number of carbonyl (C=O) groups is 1. The van der Waals surface area contributed by atoms with Crippen molar-refractivity contribution in [3.05, 3.63) is 51.5 Å². The van der Waals surface area contributed by atoms with Gasteiger partial charge in [0, 0.05) is 11.6 Å². The van der Waals surface area contributed by atoms with Crippen LogP contribution >= 0.6 is 11.3 Å². The first-order valence-corrected chi connectivity index (χ1v) is 11.1. The molecule has 1 saturated carbocycles. The smallest absolute Gasteiger partial charge is 0.261 e. The van der Waals surface area contributed by atoms with Gasteiger partial charge in [-0.05, 0) is 43.4 Å². The molecule has 7 heteroatoms. The maximum absolute atomic E-state index is 13.4. The van der Waals surface area contributed by atoms with Crippen molar-refractivity contribution in [1.29, 1.82) is 0 Å². The lowest BCUT2D eigenvalue weighted by atomic mass is 9.84. The molecule has 0 saturated heterocycles. The van der Waals surface area contributed by atoms with Crippen LogP contribution in [0.3, 0.4) is 0 Å². The zero-order chi connectivity index (χ0) is 20.4. The molecule has 1 unspecified atom stereocenters. The fourth-order valence-corrected chi connectivity index (χ4v) is 4.92. The van der Waals surface area contributed by atoms with E-state index >= 15 is 0 Å². The van der Waals surface area contributed by atoms with Gasteiger partial charge in [-0.2, -0.15) is 0 Å². The van der Waals surface area contributed by atoms with E-state index in [2.05, 4.69) is 15.3 Å². The highest BCUT2D eigenvalue weighted by molar-refractivity contribution is 7.13. The van der Waals surface area contributed by atoms with Crippen LogP contribution in [0.4, 0.5) is 5.13 Å². The Morgan fingerprint density at radius 1 is 1.24 bits per heavy atom. The summed E-state index contributed by atoms with van der Waals surface area (Å²) in [6.07, 6.45) is 9.69. The van der Waals surface area contributed by atoms with Gasteiger partial charge in [-0.1, -0.05) is 38.2 Å². The largest absolute Gasteiger partial charge is 0.300 e. The summed E-state index contributed by atoms with van der Waals surface area (Å²) < 4.78 is 1.53. The Hall–Kier alpha value is -2.54. The second-order valence-electron chi connectivity index (χ2n) is 8.02. The third kappa shape index (κ3) is 4.24. The Kier molecular flexibility index (Phi) is 5.76. The van der Waals surface area contributed by atoms with E-state index in [1.807, 2.05) is 31.4 Å². The molecule has 2 aromatic heterocycles. The minimum atomic E-state index is -0.591. The minimum Gasteiger partial charge on any atom is -0.300 e. The molecule has 4 rings (SSSR count). The van der Waals surface area contributed by atoms with Crippen molar-refractivity contribution in [1.82, 2.24) is 14.5 Å². The summed E-state index contributed by atoms with van der Waals surface area (Å²) in [5, 5.41) is 5.83. The molecule has 0 bridgehead atoms. The van der Waals surface area contributed by atoms with Gasteiger partial charge < -0.3 is 5.32 Å². The number of carbonyl (C=O) groups excluding carboxylic acids is 1. The van der Waals surface area contributed by atoms with Gasteiger partial charge in [-0.25, -0.2) is 9.97 Å². The van der Waals surface area contributed by atoms with Gasteiger partial charge in [-0.3, -0.25) is 14.2 Å². The lowest BCUT2D eigenvalue weighted by Gasteiger charge is -2.27. The highest BCUT2D eigenvalue weighted by Crippen LogP contribution is 2.31. The number of nitrogens with one attached hydrogen (secondary N) is 1. The second-order valence-corrected chi connectivity index (χ2v) is 8.91. The van der Waals surface area contributed by atoms with E-state index in [0.29, 0.717) is 28.4 Å². The molecule has 29 heavy (non-hydrogen) atoms. The molecule has 3 aromatic rings. The molecule has 1 aromatic carbocycles. The summed E-state index contributed by atoms with van der Waals surface area (Å²) in [5.41, 5.74) is 2.54. The number of hydrogen-bond donors (Lipinski definition) is 1. The molecule has 1 N–H and O–H groups in total. The molecule has 1 amide bonds. The SMILES string of the molecule is Cc1cc(C)c2ncn(C(CC3CCCCC3)C(=O)Nc3nccs3)c(=O)c2c1. The first-order valence-electron chi connectivity index (χ1n) is 10.2. The summed E-state index contributed by atoms with van der Waals surface area (Å²) in [6, 6.07) is 3.30. The molecule has 1 aliphatic rings. The zero-order valence-electron chi connectivity index (χ0n) is 16.9. The highest BCUT2D eigenvalue weighted by Gasteiger charge is 2.28. The molecule has 0 aliphatic heterocycles. The van der Waals surface area contributed by atoms with Crippen molar-refractivity contribution in [2.75, 3.05) is 5.32 Å². The Balaban J connectivity index is 1.74. The van der Waals surface area contributed by atoms with Gasteiger partial charge in [0.25, 0.3) is 5.56 Å². The average Bonchev–Trinajstić information content (AvgIpc) is 3.21. The van der Waals surface area contributed by atoms with Crippen molar-refractivity contribution >= 4 is 33.3 Å². The van der Waals surface area contributed by atoms with Gasteiger partial charge in [-0.15, -0.1) is 11.3 Å². The Labute approximate surface area is 174 Å². The van der Waals surface area contributed by atoms with Crippen LogP contribution in [0.1, 0.15) is 55.7 Å². The van der Waals surface area contributed by atoms with Crippen molar-refractivity contribution in [3.63, 3.8) is 0 Å². The first-order chi connectivity index (χ1) is 14.0. The Morgan fingerprint density at radius 2 is 2.03 bits per heavy atom. The second kappa shape index (κ2) is 8.45. The normalized spacial score (nSPS) is 16.1. The van der Waals surface area contributed by atoms with E-state index in [-0.39, 0.29) is 11.5 Å². The maximum atomic E-state index is 13.4. The van der Waals surface area contributed by atoms with Crippen molar-refractivity contribution in [2.45, 2.75) is 58.4 Å². The number of aromatic nitrogens is 3. The molecule has 152 valence electrons. The first kappa shape index (κ1) is 19.8. The monoisotopic (exact) mass is 410 g/mol.